The molecule has 0 fully saturated rings. The first kappa shape index (κ1) is 18.5. The Balaban J connectivity index is 1.76. The molecule has 1 heterocycles. The second-order valence-electron chi connectivity index (χ2n) is 6.03. The molecule has 0 bridgehead atoms. The highest BCUT2D eigenvalue weighted by atomic mass is 35.5. The lowest BCUT2D eigenvalue weighted by atomic mass is 10.1. The number of hydrogen-bond acceptors (Lipinski definition) is 2. The molecule has 0 saturated heterocycles. The van der Waals surface area contributed by atoms with Crippen molar-refractivity contribution in [2.24, 2.45) is 0 Å². The van der Waals surface area contributed by atoms with Gasteiger partial charge in [-0.2, -0.15) is 5.10 Å². The van der Waals surface area contributed by atoms with Crippen LogP contribution in [0.25, 0.3) is 0 Å². The van der Waals surface area contributed by atoms with Gasteiger partial charge in [-0.1, -0.05) is 48.3 Å². The van der Waals surface area contributed by atoms with Gasteiger partial charge in [-0.05, 0) is 43.2 Å². The van der Waals surface area contributed by atoms with Gasteiger partial charge in [-0.3, -0.25) is 9.48 Å². The van der Waals surface area contributed by atoms with Crippen LogP contribution in [0.3, 0.4) is 0 Å². The summed E-state index contributed by atoms with van der Waals surface area (Å²) < 4.78 is 1.77. The molecule has 0 atom stereocenters. The van der Waals surface area contributed by atoms with Gasteiger partial charge in [0.2, 0.25) is 0 Å². The second-order valence-corrected chi connectivity index (χ2v) is 6.85. The lowest BCUT2D eigenvalue weighted by Crippen LogP contribution is -2.13. The van der Waals surface area contributed by atoms with Crippen LogP contribution in [0.1, 0.15) is 34.1 Å². The molecule has 134 valence electrons. The SMILES string of the molecule is CCc1ccc(C(=O)Nc2cc(C)n(Cc3c(Cl)cccc3Cl)n2)cc1. The van der Waals surface area contributed by atoms with Crippen molar-refractivity contribution in [1.82, 2.24) is 9.78 Å². The Morgan fingerprint density at radius 1 is 1.12 bits per heavy atom. The number of benzene rings is 2. The maximum absolute atomic E-state index is 12.4. The van der Waals surface area contributed by atoms with E-state index < -0.39 is 0 Å². The highest BCUT2D eigenvalue weighted by Gasteiger charge is 2.12. The van der Waals surface area contributed by atoms with Crippen molar-refractivity contribution in [2.75, 3.05) is 5.32 Å². The fraction of sp³-hybridized carbons (Fsp3) is 0.200. The number of anilines is 1. The van der Waals surface area contributed by atoms with E-state index in [-0.39, 0.29) is 5.91 Å². The van der Waals surface area contributed by atoms with Gasteiger partial charge < -0.3 is 5.32 Å². The van der Waals surface area contributed by atoms with Gasteiger partial charge in [0.15, 0.2) is 5.82 Å². The molecular formula is C20H19Cl2N3O. The molecule has 0 radical (unpaired) electrons. The molecule has 3 aromatic rings. The first-order valence-corrected chi connectivity index (χ1v) is 9.11. The van der Waals surface area contributed by atoms with Crippen molar-refractivity contribution < 1.29 is 4.79 Å². The van der Waals surface area contributed by atoms with E-state index in [9.17, 15) is 4.79 Å². The molecule has 3 rings (SSSR count). The van der Waals surface area contributed by atoms with Crippen molar-refractivity contribution in [3.8, 4) is 0 Å². The van der Waals surface area contributed by atoms with Crippen LogP contribution in [0.2, 0.25) is 10.0 Å². The Bertz CT molecular complexity index is 912. The number of carbonyl (C=O) groups is 1. The molecule has 0 spiro atoms. The molecule has 1 aromatic heterocycles. The Morgan fingerprint density at radius 2 is 1.77 bits per heavy atom. The number of nitrogens with zero attached hydrogens (tertiary/aromatic N) is 2. The minimum absolute atomic E-state index is 0.187. The molecule has 0 saturated carbocycles. The molecule has 6 heteroatoms. The number of carbonyl (C=O) groups excluding carboxylic acids is 1. The molecule has 4 nitrogen and oxygen atoms in total. The number of nitrogens with one attached hydrogen (secondary N) is 1. The van der Waals surface area contributed by atoms with Crippen molar-refractivity contribution in [3.63, 3.8) is 0 Å². The van der Waals surface area contributed by atoms with Crippen LogP contribution in [-0.4, -0.2) is 15.7 Å². The molecule has 2 aromatic carbocycles. The summed E-state index contributed by atoms with van der Waals surface area (Å²) in [4.78, 5) is 12.4. The van der Waals surface area contributed by atoms with E-state index in [1.54, 1.807) is 22.9 Å². The highest BCUT2D eigenvalue weighted by Crippen LogP contribution is 2.25. The fourth-order valence-electron chi connectivity index (χ4n) is 2.64. The van der Waals surface area contributed by atoms with Crippen LogP contribution >= 0.6 is 23.2 Å². The molecule has 1 amide bonds. The van der Waals surface area contributed by atoms with E-state index in [0.717, 1.165) is 17.7 Å². The first-order valence-electron chi connectivity index (χ1n) is 8.35. The summed E-state index contributed by atoms with van der Waals surface area (Å²) in [6, 6.07) is 14.8. The van der Waals surface area contributed by atoms with E-state index in [2.05, 4.69) is 17.3 Å². The third-order valence-corrected chi connectivity index (χ3v) is 4.92. The monoisotopic (exact) mass is 387 g/mol. The van der Waals surface area contributed by atoms with Crippen LogP contribution in [0.5, 0.6) is 0 Å². The van der Waals surface area contributed by atoms with Crippen LogP contribution in [0, 0.1) is 6.92 Å². The fourth-order valence-corrected chi connectivity index (χ4v) is 3.16. The number of aryl methyl sites for hydroxylation is 2. The smallest absolute Gasteiger partial charge is 0.256 e. The molecule has 26 heavy (non-hydrogen) atoms. The topological polar surface area (TPSA) is 46.9 Å². The van der Waals surface area contributed by atoms with Gasteiger partial charge in [0.1, 0.15) is 0 Å². The van der Waals surface area contributed by atoms with Gasteiger partial charge in [0.05, 0.1) is 6.54 Å². The van der Waals surface area contributed by atoms with Gasteiger partial charge in [-0.15, -0.1) is 0 Å². The third kappa shape index (κ3) is 4.09. The molecule has 1 N–H and O–H groups in total. The van der Waals surface area contributed by atoms with Gasteiger partial charge in [0.25, 0.3) is 5.91 Å². The number of rotatable bonds is 5. The predicted octanol–water partition coefficient (Wildman–Crippen LogP) is 5.36. The average molecular weight is 388 g/mol. The van der Waals surface area contributed by atoms with Gasteiger partial charge in [-0.25, -0.2) is 0 Å². The number of amides is 1. The van der Waals surface area contributed by atoms with E-state index in [0.29, 0.717) is 28.0 Å². The summed E-state index contributed by atoms with van der Waals surface area (Å²) >= 11 is 12.5. The van der Waals surface area contributed by atoms with Crippen molar-refractivity contribution in [2.45, 2.75) is 26.8 Å². The molecule has 0 aliphatic heterocycles. The van der Waals surface area contributed by atoms with E-state index in [1.165, 1.54) is 5.56 Å². The second kappa shape index (κ2) is 7.94. The van der Waals surface area contributed by atoms with Crippen LogP contribution < -0.4 is 5.32 Å². The largest absolute Gasteiger partial charge is 0.305 e. The summed E-state index contributed by atoms with van der Waals surface area (Å²) in [5, 5.41) is 8.47. The standard InChI is InChI=1S/C20H19Cl2N3O/c1-3-14-7-9-15(10-8-14)20(26)23-19-11-13(2)25(24-19)12-16-17(21)5-4-6-18(16)22/h4-11H,3,12H2,1-2H3,(H,23,24,26). The van der Waals surface area contributed by atoms with Crippen LogP contribution in [0.15, 0.2) is 48.5 Å². The first-order chi connectivity index (χ1) is 12.5. The van der Waals surface area contributed by atoms with E-state index in [1.807, 2.05) is 37.3 Å². The van der Waals surface area contributed by atoms with E-state index >= 15 is 0 Å². The van der Waals surface area contributed by atoms with Crippen molar-refractivity contribution >= 4 is 34.9 Å². The molecular weight excluding hydrogens is 369 g/mol. The number of aromatic nitrogens is 2. The minimum atomic E-state index is -0.187. The summed E-state index contributed by atoms with van der Waals surface area (Å²) in [6.07, 6.45) is 0.941. The van der Waals surface area contributed by atoms with Crippen molar-refractivity contribution in [1.29, 1.82) is 0 Å². The summed E-state index contributed by atoms with van der Waals surface area (Å²) in [5.41, 5.74) is 3.49. The lowest BCUT2D eigenvalue weighted by Gasteiger charge is -2.08. The molecule has 0 unspecified atom stereocenters. The van der Waals surface area contributed by atoms with Crippen LogP contribution in [0.4, 0.5) is 5.82 Å². The Hall–Kier alpha value is -2.30. The maximum Gasteiger partial charge on any atom is 0.256 e. The van der Waals surface area contributed by atoms with Crippen LogP contribution in [-0.2, 0) is 13.0 Å². The minimum Gasteiger partial charge on any atom is -0.305 e. The zero-order valence-electron chi connectivity index (χ0n) is 14.6. The number of halogens is 2. The molecule has 0 aliphatic rings. The normalized spacial score (nSPS) is 10.8. The molecule has 0 aliphatic carbocycles. The lowest BCUT2D eigenvalue weighted by molar-refractivity contribution is 0.102. The number of hydrogen-bond donors (Lipinski definition) is 1. The summed E-state index contributed by atoms with van der Waals surface area (Å²) in [7, 11) is 0. The van der Waals surface area contributed by atoms with Crippen molar-refractivity contribution in [3.05, 3.63) is 81.0 Å². The van der Waals surface area contributed by atoms with Gasteiger partial charge >= 0.3 is 0 Å². The Kier molecular flexibility index (Phi) is 5.64. The highest BCUT2D eigenvalue weighted by molar-refractivity contribution is 6.35. The quantitative estimate of drug-likeness (QED) is 0.640. The third-order valence-electron chi connectivity index (χ3n) is 4.22. The Labute approximate surface area is 162 Å². The average Bonchev–Trinajstić information content (AvgIpc) is 2.97. The zero-order chi connectivity index (χ0) is 18.7. The summed E-state index contributed by atoms with van der Waals surface area (Å²) in [5.74, 6) is 0.309. The predicted molar refractivity (Wildman–Crippen MR) is 106 cm³/mol. The maximum atomic E-state index is 12.4. The Morgan fingerprint density at radius 3 is 2.38 bits per heavy atom. The summed E-state index contributed by atoms with van der Waals surface area (Å²) in [6.45, 7) is 4.44. The van der Waals surface area contributed by atoms with Gasteiger partial charge in [0, 0.05) is 32.9 Å². The van der Waals surface area contributed by atoms with E-state index in [4.69, 9.17) is 23.2 Å². The zero-order valence-corrected chi connectivity index (χ0v) is 16.1.